The molecular formula is C12H9F4N3O. The van der Waals surface area contributed by atoms with Crippen LogP contribution >= 0.6 is 0 Å². The van der Waals surface area contributed by atoms with Crippen LogP contribution in [0.3, 0.4) is 0 Å². The first-order valence-corrected chi connectivity index (χ1v) is 5.52. The molecule has 0 unspecified atom stereocenters. The van der Waals surface area contributed by atoms with Gasteiger partial charge in [0.15, 0.2) is 5.78 Å². The number of carbonyl (C=O) groups excluding carboxylic acids is 1. The van der Waals surface area contributed by atoms with Gasteiger partial charge >= 0.3 is 6.18 Å². The third-order valence-corrected chi connectivity index (χ3v) is 2.58. The van der Waals surface area contributed by atoms with Crippen molar-refractivity contribution in [2.75, 3.05) is 0 Å². The maximum absolute atomic E-state index is 13.1. The van der Waals surface area contributed by atoms with Crippen LogP contribution in [0.15, 0.2) is 24.4 Å². The zero-order chi connectivity index (χ0) is 14.9. The Morgan fingerprint density at radius 3 is 2.60 bits per heavy atom. The number of alkyl halides is 3. The van der Waals surface area contributed by atoms with Crippen molar-refractivity contribution in [3.8, 4) is 0 Å². The van der Waals surface area contributed by atoms with Gasteiger partial charge in [-0.15, -0.1) is 5.10 Å². The maximum atomic E-state index is 13.1. The molecule has 0 spiro atoms. The summed E-state index contributed by atoms with van der Waals surface area (Å²) in [6.07, 6.45) is -3.69. The molecule has 0 amide bonds. The van der Waals surface area contributed by atoms with E-state index < -0.39 is 28.9 Å². The van der Waals surface area contributed by atoms with Crippen LogP contribution in [-0.4, -0.2) is 20.8 Å². The molecule has 8 heteroatoms. The summed E-state index contributed by atoms with van der Waals surface area (Å²) in [4.78, 5) is 11.9. The van der Waals surface area contributed by atoms with Gasteiger partial charge in [0, 0.05) is 18.8 Å². The number of halogens is 4. The molecule has 0 atom stereocenters. The molecule has 0 aliphatic carbocycles. The van der Waals surface area contributed by atoms with Crippen molar-refractivity contribution in [1.82, 2.24) is 15.0 Å². The van der Waals surface area contributed by atoms with Crippen LogP contribution in [0.1, 0.15) is 21.6 Å². The lowest BCUT2D eigenvalue weighted by Crippen LogP contribution is -2.15. The summed E-state index contributed by atoms with van der Waals surface area (Å²) < 4.78 is 52.7. The van der Waals surface area contributed by atoms with Crippen molar-refractivity contribution in [2.45, 2.75) is 12.6 Å². The van der Waals surface area contributed by atoms with E-state index >= 15 is 0 Å². The van der Waals surface area contributed by atoms with Gasteiger partial charge in [-0.05, 0) is 18.2 Å². The Balaban J connectivity index is 2.36. The molecule has 0 saturated heterocycles. The fourth-order valence-electron chi connectivity index (χ4n) is 1.73. The molecule has 0 saturated carbocycles. The molecule has 1 heterocycles. The van der Waals surface area contributed by atoms with Gasteiger partial charge in [0.2, 0.25) is 0 Å². The second-order valence-electron chi connectivity index (χ2n) is 4.17. The number of nitrogens with zero attached hydrogens (tertiary/aromatic N) is 3. The van der Waals surface area contributed by atoms with Gasteiger partial charge in [-0.25, -0.2) is 4.39 Å². The molecule has 4 nitrogen and oxygen atoms in total. The van der Waals surface area contributed by atoms with E-state index in [0.29, 0.717) is 18.2 Å². The largest absolute Gasteiger partial charge is 0.417 e. The molecule has 2 aromatic rings. The summed E-state index contributed by atoms with van der Waals surface area (Å²) in [7, 11) is 1.56. The molecule has 0 aliphatic rings. The summed E-state index contributed by atoms with van der Waals surface area (Å²) in [6.45, 7) is 0. The Labute approximate surface area is 111 Å². The standard InChI is InChI=1S/C12H9F4N3O/c1-19-6-8(17-18-19)5-11(20)9-4-7(13)2-3-10(9)12(14,15)16/h2-4,6H,5H2,1H3. The summed E-state index contributed by atoms with van der Waals surface area (Å²) in [5.74, 6) is -1.77. The van der Waals surface area contributed by atoms with E-state index in [1.165, 1.54) is 10.9 Å². The molecule has 0 fully saturated rings. The minimum Gasteiger partial charge on any atom is -0.294 e. The molecule has 0 bridgehead atoms. The molecule has 20 heavy (non-hydrogen) atoms. The summed E-state index contributed by atoms with van der Waals surface area (Å²) >= 11 is 0. The number of aryl methyl sites for hydroxylation is 1. The fourth-order valence-corrected chi connectivity index (χ4v) is 1.73. The van der Waals surface area contributed by atoms with E-state index in [-0.39, 0.29) is 12.1 Å². The Morgan fingerprint density at radius 2 is 2.05 bits per heavy atom. The first-order chi connectivity index (χ1) is 9.27. The van der Waals surface area contributed by atoms with Crippen LogP contribution in [-0.2, 0) is 19.6 Å². The molecule has 0 radical (unpaired) electrons. The van der Waals surface area contributed by atoms with Crippen LogP contribution in [0.25, 0.3) is 0 Å². The van der Waals surface area contributed by atoms with Crippen molar-refractivity contribution in [1.29, 1.82) is 0 Å². The minimum atomic E-state index is -4.72. The van der Waals surface area contributed by atoms with Gasteiger partial charge in [-0.2, -0.15) is 13.2 Å². The van der Waals surface area contributed by atoms with Crippen LogP contribution in [0, 0.1) is 5.82 Å². The number of benzene rings is 1. The second-order valence-corrected chi connectivity index (χ2v) is 4.17. The number of hydrogen-bond donors (Lipinski definition) is 0. The maximum Gasteiger partial charge on any atom is 0.417 e. The average molecular weight is 287 g/mol. The smallest absolute Gasteiger partial charge is 0.294 e. The Hall–Kier alpha value is -2.25. The molecule has 0 N–H and O–H groups in total. The topological polar surface area (TPSA) is 47.8 Å². The quantitative estimate of drug-likeness (QED) is 0.643. The van der Waals surface area contributed by atoms with E-state index in [2.05, 4.69) is 10.3 Å². The minimum absolute atomic E-state index is 0.217. The number of hydrogen-bond acceptors (Lipinski definition) is 3. The van der Waals surface area contributed by atoms with E-state index in [9.17, 15) is 22.4 Å². The number of aromatic nitrogens is 3. The monoisotopic (exact) mass is 287 g/mol. The third-order valence-electron chi connectivity index (χ3n) is 2.58. The van der Waals surface area contributed by atoms with Gasteiger partial charge in [0.05, 0.1) is 17.7 Å². The number of rotatable bonds is 3. The van der Waals surface area contributed by atoms with E-state index in [0.717, 1.165) is 0 Å². The highest BCUT2D eigenvalue weighted by molar-refractivity contribution is 5.98. The van der Waals surface area contributed by atoms with Crippen LogP contribution in [0.5, 0.6) is 0 Å². The summed E-state index contributed by atoms with van der Waals surface area (Å²) in [6, 6.07) is 1.81. The van der Waals surface area contributed by atoms with Gasteiger partial charge in [0.25, 0.3) is 0 Å². The highest BCUT2D eigenvalue weighted by Crippen LogP contribution is 2.32. The Morgan fingerprint density at radius 1 is 1.35 bits per heavy atom. The average Bonchev–Trinajstić information content (AvgIpc) is 2.73. The zero-order valence-corrected chi connectivity index (χ0v) is 10.3. The highest BCUT2D eigenvalue weighted by atomic mass is 19.4. The van der Waals surface area contributed by atoms with Crippen molar-refractivity contribution < 1.29 is 22.4 Å². The predicted molar refractivity (Wildman–Crippen MR) is 60.4 cm³/mol. The number of carbonyl (C=O) groups is 1. The molecule has 1 aromatic heterocycles. The third kappa shape index (κ3) is 3.01. The second kappa shape index (κ2) is 5.03. The lowest BCUT2D eigenvalue weighted by Gasteiger charge is -2.11. The Kier molecular flexibility index (Phi) is 3.56. The van der Waals surface area contributed by atoms with E-state index in [1.807, 2.05) is 0 Å². The number of ketones is 1. The first-order valence-electron chi connectivity index (χ1n) is 5.52. The van der Waals surface area contributed by atoms with E-state index in [1.54, 1.807) is 7.05 Å². The molecule has 2 rings (SSSR count). The van der Waals surface area contributed by atoms with Crippen LogP contribution in [0.4, 0.5) is 17.6 Å². The fraction of sp³-hybridized carbons (Fsp3) is 0.250. The first kappa shape index (κ1) is 14.2. The molecular weight excluding hydrogens is 278 g/mol. The van der Waals surface area contributed by atoms with E-state index in [4.69, 9.17) is 0 Å². The van der Waals surface area contributed by atoms with Crippen molar-refractivity contribution in [2.24, 2.45) is 7.05 Å². The molecule has 1 aromatic carbocycles. The van der Waals surface area contributed by atoms with Crippen molar-refractivity contribution in [3.05, 3.63) is 47.0 Å². The van der Waals surface area contributed by atoms with Crippen LogP contribution < -0.4 is 0 Å². The van der Waals surface area contributed by atoms with Crippen molar-refractivity contribution in [3.63, 3.8) is 0 Å². The molecule has 0 aliphatic heterocycles. The predicted octanol–water partition coefficient (Wildman–Crippen LogP) is 2.40. The zero-order valence-electron chi connectivity index (χ0n) is 10.3. The van der Waals surface area contributed by atoms with Gasteiger partial charge in [-0.3, -0.25) is 9.48 Å². The van der Waals surface area contributed by atoms with Crippen molar-refractivity contribution >= 4 is 5.78 Å². The Bertz CT molecular complexity index is 648. The summed E-state index contributed by atoms with van der Waals surface area (Å²) in [5, 5.41) is 7.18. The van der Waals surface area contributed by atoms with Gasteiger partial charge in [-0.1, -0.05) is 5.21 Å². The lowest BCUT2D eigenvalue weighted by molar-refractivity contribution is -0.137. The van der Waals surface area contributed by atoms with Gasteiger partial charge < -0.3 is 0 Å². The number of Topliss-reactive ketones (excluding diaryl/α,β-unsaturated/α-hetero) is 1. The summed E-state index contributed by atoms with van der Waals surface area (Å²) in [5.41, 5.74) is -1.65. The van der Waals surface area contributed by atoms with Gasteiger partial charge in [0.1, 0.15) is 5.82 Å². The van der Waals surface area contributed by atoms with Crippen LogP contribution in [0.2, 0.25) is 0 Å². The normalized spacial score (nSPS) is 11.7. The SMILES string of the molecule is Cn1cc(CC(=O)c2cc(F)ccc2C(F)(F)F)nn1. The highest BCUT2D eigenvalue weighted by Gasteiger charge is 2.35. The lowest BCUT2D eigenvalue weighted by atomic mass is 10.00. The molecule has 106 valence electrons.